The Morgan fingerprint density at radius 3 is 2.59 bits per heavy atom. The Morgan fingerprint density at radius 2 is 1.93 bits per heavy atom. The number of amides is 1. The lowest BCUT2D eigenvalue weighted by Crippen LogP contribution is -2.53. The van der Waals surface area contributed by atoms with Crippen molar-refractivity contribution in [2.75, 3.05) is 19.6 Å². The number of hydrogen-bond acceptors (Lipinski definition) is 3. The van der Waals surface area contributed by atoms with Crippen LogP contribution < -0.4 is 5.32 Å². The molecule has 7 heteroatoms. The van der Waals surface area contributed by atoms with Gasteiger partial charge in [0.2, 0.25) is 5.91 Å². The fourth-order valence-corrected chi connectivity index (χ4v) is 6.27. The molecule has 4 nitrogen and oxygen atoms in total. The second-order valence-electron chi connectivity index (χ2n) is 10.0. The first kappa shape index (κ1) is 23.1. The van der Waals surface area contributed by atoms with Crippen LogP contribution in [0, 0.1) is 5.92 Å². The molecule has 2 heterocycles. The molecule has 2 aliphatic rings. The van der Waals surface area contributed by atoms with E-state index in [-0.39, 0.29) is 29.0 Å². The van der Waals surface area contributed by atoms with E-state index in [1.54, 1.807) is 6.07 Å². The summed E-state index contributed by atoms with van der Waals surface area (Å²) in [7, 11) is -1.86. The molecule has 1 aromatic rings. The van der Waals surface area contributed by atoms with Crippen LogP contribution in [0.25, 0.3) is 0 Å². The van der Waals surface area contributed by atoms with Gasteiger partial charge in [-0.05, 0) is 61.2 Å². The summed E-state index contributed by atoms with van der Waals surface area (Å²) in [5.74, 6) is 0.138. The Kier molecular flexibility index (Phi) is 6.77. The summed E-state index contributed by atoms with van der Waals surface area (Å²) < 4.78 is 6.60. The number of benzene rings is 1. The molecule has 29 heavy (non-hydrogen) atoms. The molecule has 0 aliphatic carbocycles. The highest BCUT2D eigenvalue weighted by Crippen LogP contribution is 2.40. The van der Waals surface area contributed by atoms with E-state index in [0.29, 0.717) is 23.1 Å². The SMILES string of the molecule is C[C@H]1c2c(Cl)cc(Cl)cc2CCN1C(=O)C1CNCC(O[Si](C)(C)C(C)(C)C)C1. The number of halogens is 2. The Morgan fingerprint density at radius 1 is 1.24 bits per heavy atom. The monoisotopic (exact) mass is 456 g/mol. The van der Waals surface area contributed by atoms with Crippen LogP contribution in [0.1, 0.15) is 51.3 Å². The summed E-state index contributed by atoms with van der Waals surface area (Å²) in [6.45, 7) is 15.6. The quantitative estimate of drug-likeness (QED) is 0.615. The van der Waals surface area contributed by atoms with Gasteiger partial charge in [-0.3, -0.25) is 4.79 Å². The molecule has 2 unspecified atom stereocenters. The number of nitrogens with one attached hydrogen (secondary N) is 1. The average Bonchev–Trinajstić information content (AvgIpc) is 2.59. The van der Waals surface area contributed by atoms with Crippen molar-refractivity contribution in [3.8, 4) is 0 Å². The number of piperidine rings is 1. The van der Waals surface area contributed by atoms with Gasteiger partial charge in [0.25, 0.3) is 0 Å². The van der Waals surface area contributed by atoms with Crippen LogP contribution in [0.2, 0.25) is 28.2 Å². The van der Waals surface area contributed by atoms with Crippen LogP contribution in [0.15, 0.2) is 12.1 Å². The molecular formula is C22H34Cl2N2O2Si. The van der Waals surface area contributed by atoms with Crippen LogP contribution in [0.4, 0.5) is 0 Å². The normalized spacial score (nSPS) is 25.7. The number of fused-ring (bicyclic) bond motifs is 1. The van der Waals surface area contributed by atoms with Gasteiger partial charge in [-0.1, -0.05) is 44.0 Å². The van der Waals surface area contributed by atoms with Crippen LogP contribution in [0.3, 0.4) is 0 Å². The Hall–Kier alpha value is -0.593. The summed E-state index contributed by atoms with van der Waals surface area (Å²) in [6.07, 6.45) is 1.66. The van der Waals surface area contributed by atoms with Gasteiger partial charge in [0.1, 0.15) is 0 Å². The summed E-state index contributed by atoms with van der Waals surface area (Å²) in [4.78, 5) is 15.4. The third kappa shape index (κ3) is 4.85. The van der Waals surface area contributed by atoms with Crippen molar-refractivity contribution < 1.29 is 9.22 Å². The van der Waals surface area contributed by atoms with Crippen LogP contribution in [-0.2, 0) is 15.6 Å². The first-order chi connectivity index (χ1) is 13.4. The molecule has 1 saturated heterocycles. The van der Waals surface area contributed by atoms with Crippen molar-refractivity contribution in [2.24, 2.45) is 5.92 Å². The van der Waals surface area contributed by atoms with Gasteiger partial charge in [-0.15, -0.1) is 0 Å². The van der Waals surface area contributed by atoms with E-state index in [2.05, 4.69) is 46.1 Å². The van der Waals surface area contributed by atoms with Crippen molar-refractivity contribution in [3.63, 3.8) is 0 Å². The average molecular weight is 458 g/mol. The predicted octanol–water partition coefficient (Wildman–Crippen LogP) is 5.44. The summed E-state index contributed by atoms with van der Waals surface area (Å²) in [6, 6.07) is 3.71. The van der Waals surface area contributed by atoms with Crippen molar-refractivity contribution in [3.05, 3.63) is 33.3 Å². The second-order valence-corrected chi connectivity index (χ2v) is 15.6. The molecule has 0 bridgehead atoms. The standard InChI is InChI=1S/C22H34Cl2N2O2Si/c1-14-20-15(9-17(23)11-19(20)24)7-8-26(14)21(27)16-10-18(13-25-12-16)28-29(5,6)22(2,3)4/h9,11,14,16,18,25H,7-8,10,12-13H2,1-6H3/t14-,16?,18?/m0/s1. The van der Waals surface area contributed by atoms with Gasteiger partial charge in [0.05, 0.1) is 18.1 Å². The van der Waals surface area contributed by atoms with Crippen LogP contribution >= 0.6 is 23.2 Å². The van der Waals surface area contributed by atoms with Crippen LogP contribution in [0.5, 0.6) is 0 Å². The number of nitrogens with zero attached hydrogens (tertiary/aromatic N) is 1. The van der Waals surface area contributed by atoms with E-state index in [9.17, 15) is 4.79 Å². The van der Waals surface area contributed by atoms with Crippen molar-refractivity contribution in [1.29, 1.82) is 0 Å². The fraction of sp³-hybridized carbons (Fsp3) is 0.682. The number of rotatable bonds is 3. The Bertz CT molecular complexity index is 779. The smallest absolute Gasteiger partial charge is 0.227 e. The molecule has 162 valence electrons. The Labute approximate surface area is 186 Å². The molecule has 1 aromatic carbocycles. The highest BCUT2D eigenvalue weighted by molar-refractivity contribution is 6.74. The molecule has 0 radical (unpaired) electrons. The van der Waals surface area contributed by atoms with E-state index >= 15 is 0 Å². The molecule has 3 rings (SSSR count). The van der Waals surface area contributed by atoms with Crippen LogP contribution in [-0.4, -0.2) is 44.9 Å². The molecule has 0 spiro atoms. The zero-order valence-electron chi connectivity index (χ0n) is 18.4. The first-order valence-electron chi connectivity index (χ1n) is 10.6. The van der Waals surface area contributed by atoms with Crippen molar-refractivity contribution >= 4 is 37.4 Å². The number of carbonyl (C=O) groups is 1. The molecule has 2 aliphatic heterocycles. The maximum Gasteiger partial charge on any atom is 0.227 e. The first-order valence-corrected chi connectivity index (χ1v) is 14.2. The van der Waals surface area contributed by atoms with Gasteiger partial charge in [0.15, 0.2) is 8.32 Å². The molecule has 1 N–H and O–H groups in total. The molecule has 1 amide bonds. The molecular weight excluding hydrogens is 423 g/mol. The minimum atomic E-state index is -1.86. The van der Waals surface area contributed by atoms with E-state index in [1.807, 2.05) is 11.0 Å². The minimum absolute atomic E-state index is 0.0438. The third-order valence-corrected chi connectivity index (χ3v) is 12.0. The zero-order chi connectivity index (χ0) is 21.6. The topological polar surface area (TPSA) is 41.6 Å². The highest BCUT2D eigenvalue weighted by Gasteiger charge is 2.42. The van der Waals surface area contributed by atoms with Gasteiger partial charge in [-0.25, -0.2) is 0 Å². The maximum absolute atomic E-state index is 13.4. The second kappa shape index (κ2) is 8.50. The third-order valence-electron chi connectivity index (χ3n) is 6.90. The van der Waals surface area contributed by atoms with Gasteiger partial charge in [0, 0.05) is 29.7 Å². The van der Waals surface area contributed by atoms with Gasteiger partial charge >= 0.3 is 0 Å². The van der Waals surface area contributed by atoms with Crippen molar-refractivity contribution in [1.82, 2.24) is 10.2 Å². The van der Waals surface area contributed by atoms with E-state index in [1.165, 1.54) is 0 Å². The lowest BCUT2D eigenvalue weighted by atomic mass is 9.90. The number of carbonyl (C=O) groups excluding carboxylic acids is 1. The molecule has 0 aromatic heterocycles. The van der Waals surface area contributed by atoms with E-state index in [4.69, 9.17) is 27.6 Å². The van der Waals surface area contributed by atoms with Crippen molar-refractivity contribution in [2.45, 2.75) is 70.8 Å². The maximum atomic E-state index is 13.4. The van der Waals surface area contributed by atoms with E-state index < -0.39 is 8.32 Å². The predicted molar refractivity (Wildman–Crippen MR) is 123 cm³/mol. The summed E-state index contributed by atoms with van der Waals surface area (Å²) in [5.41, 5.74) is 2.19. The largest absolute Gasteiger partial charge is 0.413 e. The van der Waals surface area contributed by atoms with Gasteiger partial charge in [-0.2, -0.15) is 0 Å². The Balaban J connectivity index is 1.72. The molecule has 0 saturated carbocycles. The highest BCUT2D eigenvalue weighted by atomic mass is 35.5. The molecule has 1 fully saturated rings. The lowest BCUT2D eigenvalue weighted by molar-refractivity contribution is -0.139. The van der Waals surface area contributed by atoms with Gasteiger partial charge < -0.3 is 14.6 Å². The lowest BCUT2D eigenvalue weighted by Gasteiger charge is -2.43. The number of hydrogen-bond donors (Lipinski definition) is 1. The fourth-order valence-electron chi connectivity index (χ4n) is 4.21. The zero-order valence-corrected chi connectivity index (χ0v) is 21.0. The van der Waals surface area contributed by atoms with E-state index in [0.717, 1.165) is 30.5 Å². The summed E-state index contributed by atoms with van der Waals surface area (Å²) >= 11 is 12.7. The summed E-state index contributed by atoms with van der Waals surface area (Å²) in [5, 5.41) is 4.90. The molecule has 3 atom stereocenters. The minimum Gasteiger partial charge on any atom is -0.413 e.